The molecule has 1 N–H and O–H groups in total. The number of carbonyl (C=O) groups excluding carboxylic acids is 1. The number of halogens is 1. The largest absolute Gasteiger partial charge is 0.481 e. The Balaban J connectivity index is 2.18. The summed E-state index contributed by atoms with van der Waals surface area (Å²) >= 11 is 3.40. The Bertz CT molecular complexity index is 575. The first kappa shape index (κ1) is 16.0. The van der Waals surface area contributed by atoms with Gasteiger partial charge in [-0.1, -0.05) is 15.9 Å². The lowest BCUT2D eigenvalue weighted by Gasteiger charge is -2.24. The van der Waals surface area contributed by atoms with Crippen LogP contribution in [0.3, 0.4) is 0 Å². The molecule has 0 saturated carbocycles. The van der Waals surface area contributed by atoms with E-state index in [1.165, 1.54) is 7.11 Å². The molecule has 114 valence electrons. The van der Waals surface area contributed by atoms with Crippen LogP contribution in [0, 0.1) is 12.3 Å². The number of carbonyl (C=O) groups is 2. The lowest BCUT2D eigenvalue weighted by Crippen LogP contribution is -2.40. The summed E-state index contributed by atoms with van der Waals surface area (Å²) in [6.07, 6.45) is 0.414. The normalized spacial score (nSPS) is 21.6. The number of aryl methyl sites for hydroxylation is 1. The third-order valence-corrected chi connectivity index (χ3v) is 4.81. The molecule has 5 nitrogen and oxygen atoms in total. The summed E-state index contributed by atoms with van der Waals surface area (Å²) in [7, 11) is 1.48. The maximum Gasteiger partial charge on any atom is 0.313 e. The quantitative estimate of drug-likeness (QED) is 0.899. The van der Waals surface area contributed by atoms with Gasteiger partial charge in [-0.25, -0.2) is 0 Å². The van der Waals surface area contributed by atoms with Crippen LogP contribution in [-0.4, -0.2) is 48.7 Å². The van der Waals surface area contributed by atoms with Gasteiger partial charge in [0.25, 0.3) is 5.91 Å². The van der Waals surface area contributed by atoms with Crippen molar-refractivity contribution < 1.29 is 19.4 Å². The fraction of sp³-hybridized carbons (Fsp3) is 0.467. The molecule has 6 heteroatoms. The molecule has 0 aromatic heterocycles. The van der Waals surface area contributed by atoms with Gasteiger partial charge in [-0.15, -0.1) is 0 Å². The Kier molecular flexibility index (Phi) is 4.68. The molecule has 1 aromatic carbocycles. The minimum absolute atomic E-state index is 0.117. The highest BCUT2D eigenvalue weighted by Crippen LogP contribution is 2.32. The molecule has 0 bridgehead atoms. The standard InChI is InChI=1S/C15H18BrNO4/c1-10-7-11(3-4-12(10)16)13(18)17-6-5-15(8-17,9-21-2)14(19)20/h3-4,7H,5-6,8-9H2,1-2H3,(H,19,20). The SMILES string of the molecule is COCC1(C(=O)O)CCN(C(=O)c2ccc(Br)c(C)c2)C1. The summed E-state index contributed by atoms with van der Waals surface area (Å²) in [4.78, 5) is 25.6. The molecular weight excluding hydrogens is 338 g/mol. The van der Waals surface area contributed by atoms with E-state index in [0.29, 0.717) is 18.5 Å². The summed E-state index contributed by atoms with van der Waals surface area (Å²) in [5.74, 6) is -1.04. The molecule has 0 aliphatic carbocycles. The van der Waals surface area contributed by atoms with Crippen molar-refractivity contribution in [3.63, 3.8) is 0 Å². The predicted octanol–water partition coefficient (Wildman–Crippen LogP) is 2.32. The summed E-state index contributed by atoms with van der Waals surface area (Å²) in [6.45, 7) is 2.65. The number of aliphatic carboxylic acids is 1. The van der Waals surface area contributed by atoms with Crippen LogP contribution in [0.1, 0.15) is 22.3 Å². The van der Waals surface area contributed by atoms with Crippen molar-refractivity contribution >= 4 is 27.8 Å². The van der Waals surface area contributed by atoms with E-state index in [4.69, 9.17) is 4.74 Å². The van der Waals surface area contributed by atoms with Crippen molar-refractivity contribution in [1.29, 1.82) is 0 Å². The van der Waals surface area contributed by atoms with Crippen LogP contribution in [0.4, 0.5) is 0 Å². The molecule has 1 atom stereocenters. The van der Waals surface area contributed by atoms with Gasteiger partial charge in [0.2, 0.25) is 0 Å². The van der Waals surface area contributed by atoms with Gasteiger partial charge >= 0.3 is 5.97 Å². The smallest absolute Gasteiger partial charge is 0.313 e. The van der Waals surface area contributed by atoms with E-state index >= 15 is 0 Å². The van der Waals surface area contributed by atoms with E-state index in [2.05, 4.69) is 15.9 Å². The van der Waals surface area contributed by atoms with Crippen LogP contribution >= 0.6 is 15.9 Å². The first-order valence-corrected chi connectivity index (χ1v) is 7.47. The number of hydrogen-bond acceptors (Lipinski definition) is 3. The average Bonchev–Trinajstić information content (AvgIpc) is 2.87. The van der Waals surface area contributed by atoms with Gasteiger partial charge in [0.05, 0.1) is 6.61 Å². The summed E-state index contributed by atoms with van der Waals surface area (Å²) in [5.41, 5.74) is 0.560. The van der Waals surface area contributed by atoms with Gasteiger partial charge in [0.1, 0.15) is 5.41 Å². The fourth-order valence-electron chi connectivity index (χ4n) is 2.64. The van der Waals surface area contributed by atoms with Gasteiger partial charge in [-0.05, 0) is 37.1 Å². The predicted molar refractivity (Wildman–Crippen MR) is 81.3 cm³/mol. The molecule has 0 spiro atoms. The molecule has 1 amide bonds. The Morgan fingerprint density at radius 2 is 2.19 bits per heavy atom. The van der Waals surface area contributed by atoms with Crippen LogP contribution in [0.2, 0.25) is 0 Å². The van der Waals surface area contributed by atoms with Crippen LogP contribution < -0.4 is 0 Å². The van der Waals surface area contributed by atoms with E-state index in [0.717, 1.165) is 10.0 Å². The number of likely N-dealkylation sites (tertiary alicyclic amines) is 1. The number of hydrogen-bond donors (Lipinski definition) is 1. The Morgan fingerprint density at radius 1 is 1.48 bits per heavy atom. The molecule has 1 aromatic rings. The molecule has 1 aliphatic heterocycles. The Hall–Kier alpha value is -1.40. The summed E-state index contributed by atoms with van der Waals surface area (Å²) in [5, 5.41) is 9.42. The van der Waals surface area contributed by atoms with Crippen LogP contribution in [0.15, 0.2) is 22.7 Å². The van der Waals surface area contributed by atoms with Crippen LogP contribution in [-0.2, 0) is 9.53 Å². The number of ether oxygens (including phenoxy) is 1. The van der Waals surface area contributed by atoms with E-state index in [9.17, 15) is 14.7 Å². The molecule has 2 rings (SSSR count). The molecule has 1 unspecified atom stereocenters. The van der Waals surface area contributed by atoms with Gasteiger partial charge in [-0.3, -0.25) is 9.59 Å². The highest BCUT2D eigenvalue weighted by atomic mass is 79.9. The van der Waals surface area contributed by atoms with Gasteiger partial charge in [0, 0.05) is 30.2 Å². The number of methoxy groups -OCH3 is 1. The van der Waals surface area contributed by atoms with E-state index < -0.39 is 11.4 Å². The molecule has 1 aliphatic rings. The van der Waals surface area contributed by atoms with E-state index in [-0.39, 0.29) is 19.1 Å². The second-order valence-electron chi connectivity index (χ2n) is 5.46. The Labute approximate surface area is 132 Å². The summed E-state index contributed by atoms with van der Waals surface area (Å²) in [6, 6.07) is 5.39. The van der Waals surface area contributed by atoms with Crippen molar-refractivity contribution in [1.82, 2.24) is 4.90 Å². The number of rotatable bonds is 4. The second-order valence-corrected chi connectivity index (χ2v) is 6.31. The third-order valence-electron chi connectivity index (χ3n) is 3.92. The lowest BCUT2D eigenvalue weighted by molar-refractivity contribution is -0.151. The zero-order chi connectivity index (χ0) is 15.6. The van der Waals surface area contributed by atoms with Gasteiger partial charge in [0.15, 0.2) is 0 Å². The minimum atomic E-state index is -0.991. The summed E-state index contributed by atoms with van der Waals surface area (Å²) < 4.78 is 5.98. The molecular formula is C15H18BrNO4. The van der Waals surface area contributed by atoms with Crippen LogP contribution in [0.25, 0.3) is 0 Å². The highest BCUT2D eigenvalue weighted by Gasteiger charge is 2.46. The first-order valence-electron chi connectivity index (χ1n) is 6.67. The highest BCUT2D eigenvalue weighted by molar-refractivity contribution is 9.10. The van der Waals surface area contributed by atoms with Crippen molar-refractivity contribution in [3.05, 3.63) is 33.8 Å². The van der Waals surface area contributed by atoms with Crippen LogP contribution in [0.5, 0.6) is 0 Å². The van der Waals surface area contributed by atoms with Crippen molar-refractivity contribution in [2.45, 2.75) is 13.3 Å². The number of nitrogens with zero attached hydrogens (tertiary/aromatic N) is 1. The number of amides is 1. The second kappa shape index (κ2) is 6.15. The topological polar surface area (TPSA) is 66.8 Å². The molecule has 0 radical (unpaired) electrons. The van der Waals surface area contributed by atoms with E-state index in [1.807, 2.05) is 19.1 Å². The van der Waals surface area contributed by atoms with Gasteiger partial charge < -0.3 is 14.7 Å². The zero-order valence-corrected chi connectivity index (χ0v) is 13.6. The number of carboxylic acids is 1. The van der Waals surface area contributed by atoms with Crippen molar-refractivity contribution in [2.24, 2.45) is 5.41 Å². The molecule has 1 heterocycles. The number of benzene rings is 1. The maximum absolute atomic E-state index is 12.5. The Morgan fingerprint density at radius 3 is 2.76 bits per heavy atom. The van der Waals surface area contributed by atoms with Crippen molar-refractivity contribution in [3.8, 4) is 0 Å². The first-order chi connectivity index (χ1) is 9.89. The fourth-order valence-corrected chi connectivity index (χ4v) is 2.88. The lowest BCUT2D eigenvalue weighted by atomic mass is 9.88. The minimum Gasteiger partial charge on any atom is -0.481 e. The number of carboxylic acid groups (broad SMARTS) is 1. The maximum atomic E-state index is 12.5. The molecule has 1 fully saturated rings. The molecule has 1 saturated heterocycles. The molecule has 21 heavy (non-hydrogen) atoms. The average molecular weight is 356 g/mol. The van der Waals surface area contributed by atoms with Gasteiger partial charge in [-0.2, -0.15) is 0 Å². The van der Waals surface area contributed by atoms with Crippen molar-refractivity contribution in [2.75, 3.05) is 26.8 Å². The third kappa shape index (κ3) is 3.11. The monoisotopic (exact) mass is 355 g/mol. The zero-order valence-electron chi connectivity index (χ0n) is 12.1. The van der Waals surface area contributed by atoms with E-state index in [1.54, 1.807) is 11.0 Å².